The Kier molecular flexibility index (Phi) is 7.57. The number of hydrogen-bond donors (Lipinski definition) is 2. The third-order valence-electron chi connectivity index (χ3n) is 5.86. The van der Waals surface area contributed by atoms with Gasteiger partial charge in [-0.15, -0.1) is 11.3 Å². The number of sulfonamides is 1. The van der Waals surface area contributed by atoms with Gasteiger partial charge in [-0.25, -0.2) is 18.1 Å². The van der Waals surface area contributed by atoms with Gasteiger partial charge in [0.1, 0.15) is 0 Å². The van der Waals surface area contributed by atoms with Gasteiger partial charge in [0.15, 0.2) is 0 Å². The van der Waals surface area contributed by atoms with E-state index in [1.807, 2.05) is 36.6 Å². The Bertz CT molecular complexity index is 1200. The molecule has 0 bridgehead atoms. The fourth-order valence-corrected chi connectivity index (χ4v) is 6.00. The van der Waals surface area contributed by atoms with Gasteiger partial charge in [-0.3, -0.25) is 4.79 Å². The number of anilines is 1. The molecule has 3 aromatic rings. The minimum atomic E-state index is -3.51. The summed E-state index contributed by atoms with van der Waals surface area (Å²) in [5.74, 6) is -0.0859. The van der Waals surface area contributed by atoms with Crippen LogP contribution < -0.4 is 10.0 Å². The SMILES string of the molecule is Cc1nc(-c2cccc(NC(=O)CCc3ccc(S(=O)(=O)NC4CCCCC4)cc3)c2)cs1. The van der Waals surface area contributed by atoms with Crippen molar-refractivity contribution in [2.24, 2.45) is 0 Å². The summed E-state index contributed by atoms with van der Waals surface area (Å²) in [6.07, 6.45) is 5.97. The van der Waals surface area contributed by atoms with Crippen molar-refractivity contribution in [2.75, 3.05) is 5.32 Å². The lowest BCUT2D eigenvalue weighted by Gasteiger charge is -2.22. The molecule has 0 atom stereocenters. The summed E-state index contributed by atoms with van der Waals surface area (Å²) in [5, 5.41) is 5.95. The lowest BCUT2D eigenvalue weighted by Crippen LogP contribution is -2.36. The standard InChI is InChI=1S/C25H29N3O3S2/c1-18-26-24(17-32-18)20-6-5-9-22(16-20)27-25(29)15-12-19-10-13-23(14-11-19)33(30,31)28-21-7-3-2-4-8-21/h5-6,9-11,13-14,16-17,21,28H,2-4,7-8,12,15H2,1H3,(H,27,29). The zero-order chi connectivity index (χ0) is 23.3. The molecule has 0 unspecified atom stereocenters. The Labute approximate surface area is 199 Å². The zero-order valence-corrected chi connectivity index (χ0v) is 20.3. The van der Waals surface area contributed by atoms with Crippen molar-refractivity contribution in [3.63, 3.8) is 0 Å². The van der Waals surface area contributed by atoms with Crippen LogP contribution in [-0.4, -0.2) is 25.4 Å². The first-order valence-electron chi connectivity index (χ1n) is 11.3. The van der Waals surface area contributed by atoms with Crippen LogP contribution in [-0.2, 0) is 21.2 Å². The summed E-state index contributed by atoms with van der Waals surface area (Å²) >= 11 is 1.60. The molecule has 0 aliphatic heterocycles. The van der Waals surface area contributed by atoms with Crippen LogP contribution in [0.2, 0.25) is 0 Å². The van der Waals surface area contributed by atoms with Gasteiger partial charge >= 0.3 is 0 Å². The summed E-state index contributed by atoms with van der Waals surface area (Å²) in [6, 6.07) is 14.5. The van der Waals surface area contributed by atoms with E-state index in [0.717, 1.165) is 53.2 Å². The van der Waals surface area contributed by atoms with E-state index in [4.69, 9.17) is 0 Å². The molecule has 33 heavy (non-hydrogen) atoms. The van der Waals surface area contributed by atoms with E-state index >= 15 is 0 Å². The highest BCUT2D eigenvalue weighted by molar-refractivity contribution is 7.89. The number of amides is 1. The van der Waals surface area contributed by atoms with Crippen molar-refractivity contribution in [1.82, 2.24) is 9.71 Å². The first-order valence-corrected chi connectivity index (χ1v) is 13.7. The average molecular weight is 484 g/mol. The predicted molar refractivity (Wildman–Crippen MR) is 133 cm³/mol. The first-order chi connectivity index (χ1) is 15.9. The summed E-state index contributed by atoms with van der Waals surface area (Å²) in [4.78, 5) is 17.2. The third-order valence-corrected chi connectivity index (χ3v) is 8.17. The van der Waals surface area contributed by atoms with Gasteiger partial charge in [-0.05, 0) is 56.0 Å². The van der Waals surface area contributed by atoms with Crippen molar-refractivity contribution < 1.29 is 13.2 Å². The van der Waals surface area contributed by atoms with Crippen LogP contribution in [0.4, 0.5) is 5.69 Å². The molecular weight excluding hydrogens is 454 g/mol. The number of carbonyl (C=O) groups is 1. The third kappa shape index (κ3) is 6.50. The number of benzene rings is 2. The summed E-state index contributed by atoms with van der Waals surface area (Å²) in [6.45, 7) is 1.97. The second kappa shape index (κ2) is 10.6. The second-order valence-corrected chi connectivity index (χ2v) is 11.3. The normalized spacial score (nSPS) is 14.8. The van der Waals surface area contributed by atoms with Crippen LogP contribution >= 0.6 is 11.3 Å². The first kappa shape index (κ1) is 23.6. The van der Waals surface area contributed by atoms with E-state index in [1.54, 1.807) is 35.6 Å². The van der Waals surface area contributed by atoms with Crippen LogP contribution in [0.15, 0.2) is 58.8 Å². The minimum Gasteiger partial charge on any atom is -0.326 e. The second-order valence-electron chi connectivity index (χ2n) is 8.48. The summed E-state index contributed by atoms with van der Waals surface area (Å²) < 4.78 is 28.1. The van der Waals surface area contributed by atoms with E-state index in [0.29, 0.717) is 12.8 Å². The number of hydrogen-bond acceptors (Lipinski definition) is 5. The fraction of sp³-hybridized carbons (Fsp3) is 0.360. The molecule has 8 heteroatoms. The number of nitrogens with zero attached hydrogens (tertiary/aromatic N) is 1. The highest BCUT2D eigenvalue weighted by Crippen LogP contribution is 2.24. The van der Waals surface area contributed by atoms with E-state index in [1.165, 1.54) is 6.42 Å². The smallest absolute Gasteiger partial charge is 0.240 e. The number of aryl methyl sites for hydroxylation is 2. The molecule has 1 aromatic heterocycles. The molecule has 0 spiro atoms. The van der Waals surface area contributed by atoms with Crippen molar-refractivity contribution >= 4 is 33.0 Å². The van der Waals surface area contributed by atoms with Crippen LogP contribution in [0.25, 0.3) is 11.3 Å². The topological polar surface area (TPSA) is 88.2 Å². The summed E-state index contributed by atoms with van der Waals surface area (Å²) in [7, 11) is -3.51. The maximum absolute atomic E-state index is 12.6. The Morgan fingerprint density at radius 1 is 1.09 bits per heavy atom. The van der Waals surface area contributed by atoms with Crippen molar-refractivity contribution in [2.45, 2.75) is 62.8 Å². The van der Waals surface area contributed by atoms with Gasteiger partial charge in [-0.2, -0.15) is 0 Å². The molecule has 1 fully saturated rings. The molecule has 2 aromatic carbocycles. The van der Waals surface area contributed by atoms with Crippen LogP contribution in [0.3, 0.4) is 0 Å². The largest absolute Gasteiger partial charge is 0.326 e. The molecule has 1 aliphatic carbocycles. The van der Waals surface area contributed by atoms with Gasteiger partial charge in [0.05, 0.1) is 15.6 Å². The van der Waals surface area contributed by atoms with Crippen LogP contribution in [0.1, 0.15) is 49.1 Å². The predicted octanol–water partition coefficient (Wildman–Crippen LogP) is 5.30. The Morgan fingerprint density at radius 2 is 1.85 bits per heavy atom. The fourth-order valence-electron chi connectivity index (χ4n) is 4.08. The molecule has 1 aliphatic rings. The van der Waals surface area contributed by atoms with Gasteiger partial charge < -0.3 is 5.32 Å². The average Bonchev–Trinajstić information content (AvgIpc) is 3.25. The van der Waals surface area contributed by atoms with E-state index in [-0.39, 0.29) is 16.8 Å². The lowest BCUT2D eigenvalue weighted by atomic mass is 9.96. The Balaban J connectivity index is 1.30. The van der Waals surface area contributed by atoms with Crippen molar-refractivity contribution in [3.05, 3.63) is 64.5 Å². The molecule has 174 valence electrons. The quantitative estimate of drug-likeness (QED) is 0.455. The number of thiazole rings is 1. The Hall–Kier alpha value is -2.55. The van der Waals surface area contributed by atoms with Crippen LogP contribution in [0.5, 0.6) is 0 Å². The monoisotopic (exact) mass is 483 g/mol. The van der Waals surface area contributed by atoms with Gasteiger partial charge in [-0.1, -0.05) is 43.5 Å². The molecular formula is C25H29N3O3S2. The van der Waals surface area contributed by atoms with E-state index in [2.05, 4.69) is 15.0 Å². The molecule has 6 nitrogen and oxygen atoms in total. The highest BCUT2D eigenvalue weighted by Gasteiger charge is 2.21. The molecule has 1 heterocycles. The van der Waals surface area contributed by atoms with Gasteiger partial charge in [0, 0.05) is 29.1 Å². The zero-order valence-electron chi connectivity index (χ0n) is 18.7. The number of rotatable bonds is 8. The van der Waals surface area contributed by atoms with Crippen molar-refractivity contribution in [1.29, 1.82) is 0 Å². The lowest BCUT2D eigenvalue weighted by molar-refractivity contribution is -0.116. The molecule has 0 saturated heterocycles. The maximum Gasteiger partial charge on any atom is 0.240 e. The maximum atomic E-state index is 12.6. The van der Waals surface area contributed by atoms with Gasteiger partial charge in [0.25, 0.3) is 0 Å². The molecule has 4 rings (SSSR count). The van der Waals surface area contributed by atoms with E-state index < -0.39 is 10.0 Å². The Morgan fingerprint density at radius 3 is 2.55 bits per heavy atom. The molecule has 1 amide bonds. The number of nitrogens with one attached hydrogen (secondary N) is 2. The molecule has 2 N–H and O–H groups in total. The van der Waals surface area contributed by atoms with E-state index in [9.17, 15) is 13.2 Å². The highest BCUT2D eigenvalue weighted by atomic mass is 32.2. The van der Waals surface area contributed by atoms with Crippen LogP contribution in [0, 0.1) is 6.92 Å². The van der Waals surface area contributed by atoms with Crippen molar-refractivity contribution in [3.8, 4) is 11.3 Å². The number of carbonyl (C=O) groups excluding carboxylic acids is 1. The molecule has 1 saturated carbocycles. The molecule has 0 radical (unpaired) electrons. The van der Waals surface area contributed by atoms with Gasteiger partial charge in [0.2, 0.25) is 15.9 Å². The minimum absolute atomic E-state index is 0.0326. The number of aromatic nitrogens is 1. The summed E-state index contributed by atoms with van der Waals surface area (Å²) in [5.41, 5.74) is 3.53.